The zero-order valence-corrected chi connectivity index (χ0v) is 9.14. The second-order valence-corrected chi connectivity index (χ2v) is 9.40. The van der Waals surface area contributed by atoms with E-state index in [9.17, 15) is 0 Å². The molecule has 2 atom stereocenters. The maximum Gasteiger partial charge on any atom is 0.104 e. The summed E-state index contributed by atoms with van der Waals surface area (Å²) in [5, 5.41) is 1.11. The van der Waals surface area contributed by atoms with Crippen LogP contribution in [0.25, 0.3) is 0 Å². The van der Waals surface area contributed by atoms with Gasteiger partial charge in [0.05, 0.1) is 3.91 Å². The predicted molar refractivity (Wildman–Crippen MR) is 57.8 cm³/mol. The molecular weight excluding hydrogens is 208 g/mol. The normalized spacial score (nSPS) is 45.0. The van der Waals surface area contributed by atoms with Crippen molar-refractivity contribution in [2.45, 2.75) is 14.2 Å². The predicted octanol–water partition coefficient (Wildman–Crippen LogP) is 2.97. The first-order chi connectivity index (χ1) is 4.10. The van der Waals surface area contributed by atoms with Gasteiger partial charge in [0.15, 0.2) is 0 Å². The first kappa shape index (κ1) is 8.84. The summed E-state index contributed by atoms with van der Waals surface area (Å²) in [4.78, 5) is 0. The van der Waals surface area contributed by atoms with Crippen LogP contribution in [0, 0.1) is 0 Å². The van der Waals surface area contributed by atoms with Crippen LogP contribution in [-0.2, 0) is 0 Å². The minimum Gasteiger partial charge on any atom is -0.154 e. The van der Waals surface area contributed by atoms with Gasteiger partial charge in [-0.3, -0.25) is 0 Å². The lowest BCUT2D eigenvalue weighted by Gasteiger charge is -2.30. The van der Waals surface area contributed by atoms with E-state index in [0.29, 0.717) is 3.91 Å². The number of thiol groups is 2. The van der Waals surface area contributed by atoms with E-state index in [-0.39, 0.29) is 3.41 Å². The molecule has 0 N–H and O–H groups in total. The quantitative estimate of drug-likeness (QED) is 0.598. The van der Waals surface area contributed by atoms with Crippen LogP contribution in [0.15, 0.2) is 0 Å². The van der Waals surface area contributed by atoms with Gasteiger partial charge in [-0.15, -0.1) is 35.3 Å². The fourth-order valence-electron chi connectivity index (χ4n) is 0.457. The summed E-state index contributed by atoms with van der Waals surface area (Å²) in [6.45, 7) is 2.12. The second kappa shape index (κ2) is 3.43. The van der Waals surface area contributed by atoms with E-state index in [1.807, 2.05) is 23.5 Å². The monoisotopic (exact) mass is 216 g/mol. The van der Waals surface area contributed by atoms with Crippen molar-refractivity contribution in [2.75, 3.05) is 5.08 Å². The minimum atomic E-state index is 0.0810. The van der Waals surface area contributed by atoms with Crippen LogP contribution in [0.3, 0.4) is 0 Å². The highest BCUT2D eigenvalue weighted by Crippen LogP contribution is 2.52. The summed E-state index contributed by atoms with van der Waals surface area (Å²) >= 11 is 14.3. The first-order valence-electron chi connectivity index (χ1n) is 2.44. The van der Waals surface area contributed by atoms with Crippen molar-refractivity contribution in [3.63, 3.8) is 0 Å². The Bertz CT molecular complexity index is 101. The van der Waals surface area contributed by atoms with Gasteiger partial charge in [-0.25, -0.2) is 0 Å². The van der Waals surface area contributed by atoms with Crippen molar-refractivity contribution >= 4 is 60.5 Å². The molecule has 0 aromatic heterocycles. The lowest BCUT2D eigenvalue weighted by molar-refractivity contribution is 1.34. The van der Waals surface area contributed by atoms with Gasteiger partial charge in [0, 0.05) is 5.08 Å². The highest BCUT2D eigenvalue weighted by atomic mass is 32.3. The van der Waals surface area contributed by atoms with Gasteiger partial charge in [-0.05, 0) is 6.92 Å². The molecule has 5 heteroatoms. The zero-order chi connectivity index (χ0) is 6.91. The van der Waals surface area contributed by atoms with Crippen LogP contribution in [0.2, 0.25) is 0 Å². The third-order valence-corrected chi connectivity index (χ3v) is 6.14. The summed E-state index contributed by atoms with van der Waals surface area (Å²) < 4.78 is 0.492. The fraction of sp³-hybridized carbons (Fsp3) is 1.00. The fourth-order valence-corrected chi connectivity index (χ4v) is 7.62. The van der Waals surface area contributed by atoms with E-state index >= 15 is 0 Å². The number of rotatable bonds is 0. The molecule has 1 heterocycles. The lowest BCUT2D eigenvalue weighted by Crippen LogP contribution is -2.13. The molecule has 9 heavy (non-hydrogen) atoms. The van der Waals surface area contributed by atoms with Gasteiger partial charge >= 0.3 is 0 Å². The van der Waals surface area contributed by atoms with Crippen molar-refractivity contribution in [2.24, 2.45) is 0 Å². The van der Waals surface area contributed by atoms with E-state index in [2.05, 4.69) is 32.2 Å². The average Bonchev–Trinajstić information content (AvgIpc) is 1.60. The van der Waals surface area contributed by atoms with Crippen molar-refractivity contribution in [1.29, 1.82) is 0 Å². The van der Waals surface area contributed by atoms with E-state index < -0.39 is 0 Å². The molecule has 54 valence electrons. The van der Waals surface area contributed by atoms with Gasteiger partial charge < -0.3 is 0 Å². The molecule has 0 radical (unpaired) electrons. The van der Waals surface area contributed by atoms with Crippen molar-refractivity contribution in [3.8, 4) is 0 Å². The number of hydrogen-bond donors (Lipinski definition) is 2. The molecule has 1 aliphatic heterocycles. The van der Waals surface area contributed by atoms with Crippen LogP contribution < -0.4 is 0 Å². The highest BCUT2D eigenvalue weighted by molar-refractivity contribution is 8.44. The molecule has 1 rings (SSSR count). The molecule has 2 unspecified atom stereocenters. The lowest BCUT2D eigenvalue weighted by atomic mass is 10.9. The molecule has 0 spiro atoms. The Labute approximate surface area is 79.5 Å². The molecule has 0 bridgehead atoms. The van der Waals surface area contributed by atoms with Crippen LogP contribution >= 0.6 is 60.5 Å². The van der Waals surface area contributed by atoms with E-state index in [1.54, 1.807) is 11.8 Å². The van der Waals surface area contributed by atoms with E-state index in [4.69, 9.17) is 0 Å². The molecule has 0 aromatic carbocycles. The smallest absolute Gasteiger partial charge is 0.104 e. The first-order valence-corrected chi connectivity index (χ1v) is 6.32. The third-order valence-electron chi connectivity index (χ3n) is 0.857. The second-order valence-electron chi connectivity index (χ2n) is 1.75. The van der Waals surface area contributed by atoms with Crippen molar-refractivity contribution in [1.82, 2.24) is 0 Å². The maximum atomic E-state index is 4.44. The molecule has 1 aliphatic rings. The summed E-state index contributed by atoms with van der Waals surface area (Å²) in [6.07, 6.45) is 0. The largest absolute Gasteiger partial charge is 0.154 e. The molecule has 0 amide bonds. The molecule has 1 saturated heterocycles. The van der Waals surface area contributed by atoms with Crippen molar-refractivity contribution in [3.05, 3.63) is 0 Å². The number of hydrogen-bond acceptors (Lipinski definition) is 5. The molecular formula is C4H8S5. The highest BCUT2D eigenvalue weighted by Gasteiger charge is 2.28. The minimum absolute atomic E-state index is 0.0810. The van der Waals surface area contributed by atoms with Gasteiger partial charge in [0.2, 0.25) is 0 Å². The molecule has 1 fully saturated rings. The maximum absolute atomic E-state index is 4.44. The topological polar surface area (TPSA) is 0 Å². The van der Waals surface area contributed by atoms with Crippen LogP contribution in [0.1, 0.15) is 6.92 Å². The summed E-state index contributed by atoms with van der Waals surface area (Å²) in [5.74, 6) is 0. The van der Waals surface area contributed by atoms with Gasteiger partial charge in [0.1, 0.15) is 3.41 Å². The summed E-state index contributed by atoms with van der Waals surface area (Å²) in [5.41, 5.74) is 0. The zero-order valence-electron chi connectivity index (χ0n) is 4.90. The molecule has 0 nitrogen and oxygen atoms in total. The molecule has 0 aliphatic carbocycles. The Hall–Kier alpha value is 1.75. The molecule has 0 saturated carbocycles. The SMILES string of the molecule is CC1(S)SCSC(S)S1. The van der Waals surface area contributed by atoms with Crippen molar-refractivity contribution < 1.29 is 0 Å². The summed E-state index contributed by atoms with van der Waals surface area (Å²) in [7, 11) is 0. The van der Waals surface area contributed by atoms with Crippen LogP contribution in [-0.4, -0.2) is 12.4 Å². The standard InChI is InChI=1S/C4H8S5/c1-4(6)8-2-7-3(5)9-4/h3,5-6H,2H2,1H3. The summed E-state index contributed by atoms with van der Waals surface area (Å²) in [6, 6.07) is 0. The molecule has 0 aromatic rings. The average molecular weight is 216 g/mol. The van der Waals surface area contributed by atoms with Gasteiger partial charge in [-0.2, -0.15) is 25.3 Å². The Balaban J connectivity index is 2.41. The Morgan fingerprint density at radius 3 is 2.67 bits per heavy atom. The third kappa shape index (κ3) is 3.10. The Morgan fingerprint density at radius 1 is 1.67 bits per heavy atom. The van der Waals surface area contributed by atoms with E-state index in [1.165, 1.54) is 0 Å². The van der Waals surface area contributed by atoms with Gasteiger partial charge in [-0.1, -0.05) is 0 Å². The van der Waals surface area contributed by atoms with Gasteiger partial charge in [0.25, 0.3) is 0 Å². The Morgan fingerprint density at radius 2 is 2.33 bits per heavy atom. The number of thioether (sulfide) groups is 3. The van der Waals surface area contributed by atoms with E-state index in [0.717, 1.165) is 5.08 Å². The van der Waals surface area contributed by atoms with Crippen LogP contribution in [0.5, 0.6) is 0 Å². The van der Waals surface area contributed by atoms with Crippen LogP contribution in [0.4, 0.5) is 0 Å². The Kier molecular flexibility index (Phi) is 3.37.